The number of nitrogens with one attached hydrogen (secondary N) is 1. The Morgan fingerprint density at radius 2 is 2.24 bits per heavy atom. The van der Waals surface area contributed by atoms with Gasteiger partial charge in [-0.15, -0.1) is 0 Å². The largest absolute Gasteiger partial charge is 0.342 e. The minimum Gasteiger partial charge on any atom is -0.342 e. The fourth-order valence-corrected chi connectivity index (χ4v) is 2.02. The van der Waals surface area contributed by atoms with E-state index in [1.165, 1.54) is 0 Å². The van der Waals surface area contributed by atoms with Crippen molar-refractivity contribution in [2.75, 3.05) is 27.2 Å². The van der Waals surface area contributed by atoms with Crippen molar-refractivity contribution in [3.8, 4) is 0 Å². The van der Waals surface area contributed by atoms with Crippen LogP contribution in [-0.2, 0) is 0 Å². The van der Waals surface area contributed by atoms with Crippen molar-refractivity contribution in [1.82, 2.24) is 10.2 Å². The molecule has 0 aromatic heterocycles. The number of benzene rings is 1. The van der Waals surface area contributed by atoms with Crippen LogP contribution in [0.5, 0.6) is 0 Å². The zero-order chi connectivity index (χ0) is 12.8. The van der Waals surface area contributed by atoms with E-state index in [1.807, 2.05) is 13.1 Å². The molecule has 0 aliphatic heterocycles. The van der Waals surface area contributed by atoms with Crippen LogP contribution >= 0.6 is 27.5 Å². The molecule has 1 amide bonds. The molecule has 94 valence electrons. The summed E-state index contributed by atoms with van der Waals surface area (Å²) in [6, 6.07) is 5.29. The van der Waals surface area contributed by atoms with Crippen LogP contribution in [0.3, 0.4) is 0 Å². The van der Waals surface area contributed by atoms with Crippen molar-refractivity contribution >= 4 is 33.4 Å². The second-order valence-corrected chi connectivity index (χ2v) is 5.13. The van der Waals surface area contributed by atoms with E-state index in [2.05, 4.69) is 21.2 Å². The summed E-state index contributed by atoms with van der Waals surface area (Å²) >= 11 is 9.35. The molecular weight excluding hydrogens is 304 g/mol. The molecule has 1 N–H and O–H groups in total. The van der Waals surface area contributed by atoms with Gasteiger partial charge in [0.15, 0.2) is 0 Å². The molecule has 1 aromatic rings. The van der Waals surface area contributed by atoms with Gasteiger partial charge in [-0.1, -0.05) is 27.5 Å². The Morgan fingerprint density at radius 3 is 2.88 bits per heavy atom. The molecule has 0 unspecified atom stereocenters. The number of nitrogens with zero attached hydrogens (tertiary/aromatic N) is 1. The quantitative estimate of drug-likeness (QED) is 0.847. The summed E-state index contributed by atoms with van der Waals surface area (Å²) in [5, 5.41) is 3.54. The molecule has 0 aliphatic carbocycles. The van der Waals surface area contributed by atoms with Crippen molar-refractivity contribution in [3.05, 3.63) is 33.3 Å². The predicted molar refractivity (Wildman–Crippen MR) is 74.7 cm³/mol. The van der Waals surface area contributed by atoms with Crippen LogP contribution in [0.2, 0.25) is 5.02 Å². The third-order valence-electron chi connectivity index (χ3n) is 2.43. The van der Waals surface area contributed by atoms with Crippen molar-refractivity contribution in [3.63, 3.8) is 0 Å². The topological polar surface area (TPSA) is 32.3 Å². The first-order chi connectivity index (χ1) is 8.06. The number of amides is 1. The van der Waals surface area contributed by atoms with Gasteiger partial charge in [0, 0.05) is 18.1 Å². The Kier molecular flexibility index (Phi) is 5.95. The summed E-state index contributed by atoms with van der Waals surface area (Å²) in [6.45, 7) is 1.60. The van der Waals surface area contributed by atoms with Gasteiger partial charge in [-0.2, -0.15) is 0 Å². The van der Waals surface area contributed by atoms with Crippen molar-refractivity contribution in [2.24, 2.45) is 0 Å². The molecule has 1 rings (SSSR count). The Bertz CT molecular complexity index is 398. The van der Waals surface area contributed by atoms with Crippen LogP contribution < -0.4 is 5.32 Å². The highest BCUT2D eigenvalue weighted by molar-refractivity contribution is 9.10. The normalized spacial score (nSPS) is 10.4. The second-order valence-electron chi connectivity index (χ2n) is 3.81. The Balaban J connectivity index is 2.71. The van der Waals surface area contributed by atoms with Crippen LogP contribution in [-0.4, -0.2) is 38.0 Å². The zero-order valence-corrected chi connectivity index (χ0v) is 12.3. The smallest absolute Gasteiger partial charge is 0.255 e. The van der Waals surface area contributed by atoms with E-state index in [0.717, 1.165) is 17.4 Å². The highest BCUT2D eigenvalue weighted by Gasteiger charge is 2.14. The second kappa shape index (κ2) is 6.99. The molecule has 5 heteroatoms. The Hall–Kier alpha value is -0.580. The van der Waals surface area contributed by atoms with Crippen LogP contribution in [0.25, 0.3) is 0 Å². The van der Waals surface area contributed by atoms with E-state index in [4.69, 9.17) is 11.6 Å². The summed E-state index contributed by atoms with van der Waals surface area (Å²) in [4.78, 5) is 13.8. The third-order valence-corrected chi connectivity index (χ3v) is 3.25. The van der Waals surface area contributed by atoms with E-state index in [1.54, 1.807) is 24.1 Å². The first kappa shape index (κ1) is 14.5. The molecule has 0 saturated heterocycles. The number of rotatable bonds is 5. The zero-order valence-electron chi connectivity index (χ0n) is 9.96. The summed E-state index contributed by atoms with van der Waals surface area (Å²) in [7, 11) is 3.68. The molecule has 1 aromatic carbocycles. The lowest BCUT2D eigenvalue weighted by molar-refractivity contribution is 0.0794. The molecule has 0 atom stereocenters. The lowest BCUT2D eigenvalue weighted by atomic mass is 10.2. The van der Waals surface area contributed by atoms with Gasteiger partial charge < -0.3 is 10.2 Å². The molecule has 3 nitrogen and oxygen atoms in total. The van der Waals surface area contributed by atoms with Crippen LogP contribution in [0.15, 0.2) is 22.7 Å². The minimum atomic E-state index is -0.0487. The number of halogens is 2. The molecule has 0 bridgehead atoms. The first-order valence-electron chi connectivity index (χ1n) is 5.41. The van der Waals surface area contributed by atoms with Crippen LogP contribution in [0, 0.1) is 0 Å². The van der Waals surface area contributed by atoms with Gasteiger partial charge in [0.1, 0.15) is 0 Å². The fraction of sp³-hybridized carbons (Fsp3) is 0.417. The average molecular weight is 320 g/mol. The molecule has 0 spiro atoms. The van der Waals surface area contributed by atoms with E-state index in [9.17, 15) is 4.79 Å². The van der Waals surface area contributed by atoms with Gasteiger partial charge in [0.25, 0.3) is 5.91 Å². The van der Waals surface area contributed by atoms with Gasteiger partial charge in [-0.25, -0.2) is 0 Å². The Labute approximate surface area is 115 Å². The van der Waals surface area contributed by atoms with Crippen molar-refractivity contribution in [1.29, 1.82) is 0 Å². The molecule has 17 heavy (non-hydrogen) atoms. The van der Waals surface area contributed by atoms with Gasteiger partial charge >= 0.3 is 0 Å². The monoisotopic (exact) mass is 318 g/mol. The highest BCUT2D eigenvalue weighted by Crippen LogP contribution is 2.22. The van der Waals surface area contributed by atoms with Gasteiger partial charge in [-0.05, 0) is 38.2 Å². The highest BCUT2D eigenvalue weighted by atomic mass is 79.9. The van der Waals surface area contributed by atoms with E-state index >= 15 is 0 Å². The van der Waals surface area contributed by atoms with Crippen LogP contribution in [0.1, 0.15) is 16.8 Å². The maximum atomic E-state index is 12.1. The van der Waals surface area contributed by atoms with E-state index in [0.29, 0.717) is 17.1 Å². The summed E-state index contributed by atoms with van der Waals surface area (Å²) in [5.41, 5.74) is 0.535. The number of hydrogen-bond acceptors (Lipinski definition) is 2. The first-order valence-corrected chi connectivity index (χ1v) is 6.58. The predicted octanol–water partition coefficient (Wildman–Crippen LogP) is 2.78. The van der Waals surface area contributed by atoms with Gasteiger partial charge in [0.2, 0.25) is 0 Å². The number of carbonyl (C=O) groups is 1. The molecule has 0 aliphatic rings. The van der Waals surface area contributed by atoms with Gasteiger partial charge in [-0.3, -0.25) is 4.79 Å². The van der Waals surface area contributed by atoms with E-state index < -0.39 is 0 Å². The number of hydrogen-bond donors (Lipinski definition) is 1. The minimum absolute atomic E-state index is 0.0487. The Morgan fingerprint density at radius 1 is 1.53 bits per heavy atom. The van der Waals surface area contributed by atoms with Crippen molar-refractivity contribution < 1.29 is 4.79 Å². The molecule has 0 saturated carbocycles. The lowest BCUT2D eigenvalue weighted by Gasteiger charge is -2.17. The van der Waals surface area contributed by atoms with Crippen LogP contribution in [0.4, 0.5) is 0 Å². The lowest BCUT2D eigenvalue weighted by Crippen LogP contribution is -2.29. The maximum absolute atomic E-state index is 12.1. The molecule has 0 heterocycles. The molecule has 0 fully saturated rings. The summed E-state index contributed by atoms with van der Waals surface area (Å²) < 4.78 is 0.855. The third kappa shape index (κ3) is 4.30. The molecule has 0 radical (unpaired) electrons. The van der Waals surface area contributed by atoms with Gasteiger partial charge in [0.05, 0.1) is 10.6 Å². The maximum Gasteiger partial charge on any atom is 0.255 e. The SMILES string of the molecule is CNCCCN(C)C(=O)c1cc(Br)ccc1Cl. The van der Waals surface area contributed by atoms with E-state index in [-0.39, 0.29) is 5.91 Å². The summed E-state index contributed by atoms with van der Waals surface area (Å²) in [5.74, 6) is -0.0487. The number of carbonyl (C=O) groups excluding carboxylic acids is 1. The fourth-order valence-electron chi connectivity index (χ4n) is 1.46. The average Bonchev–Trinajstić information content (AvgIpc) is 2.31. The summed E-state index contributed by atoms with van der Waals surface area (Å²) in [6.07, 6.45) is 0.921. The van der Waals surface area contributed by atoms with Crippen molar-refractivity contribution in [2.45, 2.75) is 6.42 Å². The standard InChI is InChI=1S/C12H16BrClN2O/c1-15-6-3-7-16(2)12(17)10-8-9(13)4-5-11(10)14/h4-5,8,15H,3,6-7H2,1-2H3. The molecular formula is C12H16BrClN2O.